The number of aliphatic hydroxyl groups is 1. The van der Waals surface area contributed by atoms with Gasteiger partial charge in [0.25, 0.3) is 0 Å². The third kappa shape index (κ3) is 6.93. The van der Waals surface area contributed by atoms with Crippen LogP contribution in [0.4, 0.5) is 5.69 Å². The Morgan fingerprint density at radius 1 is 1.00 bits per heavy atom. The minimum Gasteiger partial charge on any atom is -0.491 e. The quantitative estimate of drug-likeness (QED) is 0.429. The van der Waals surface area contributed by atoms with Gasteiger partial charge in [0, 0.05) is 36.9 Å². The molecule has 206 valence electrons. The third-order valence-corrected chi connectivity index (χ3v) is 8.57. The molecule has 7 nitrogen and oxygen atoms in total. The maximum absolute atomic E-state index is 13.4. The molecule has 2 N–H and O–H groups in total. The van der Waals surface area contributed by atoms with Crippen molar-refractivity contribution in [2.75, 3.05) is 63.9 Å². The van der Waals surface area contributed by atoms with Crippen LogP contribution in [0.1, 0.15) is 37.4 Å². The van der Waals surface area contributed by atoms with Crippen molar-refractivity contribution >= 4 is 34.8 Å². The Morgan fingerprint density at radius 2 is 1.74 bits per heavy atom. The Bertz CT molecular complexity index is 1080. The molecule has 0 radical (unpaired) electrons. The lowest BCUT2D eigenvalue weighted by atomic mass is 10.00. The van der Waals surface area contributed by atoms with Crippen molar-refractivity contribution in [3.63, 3.8) is 0 Å². The minimum absolute atomic E-state index is 0.0123. The number of hydrogen-bond acceptors (Lipinski definition) is 6. The summed E-state index contributed by atoms with van der Waals surface area (Å²) in [4.78, 5) is 20.3. The van der Waals surface area contributed by atoms with E-state index < -0.39 is 12.1 Å². The number of likely N-dealkylation sites (tertiary alicyclic amines) is 2. The van der Waals surface area contributed by atoms with E-state index in [1.54, 1.807) is 6.07 Å². The largest absolute Gasteiger partial charge is 0.491 e. The molecule has 3 atom stereocenters. The number of carbonyl (C=O) groups is 1. The highest BCUT2D eigenvalue weighted by molar-refractivity contribution is 6.32. The smallest absolute Gasteiger partial charge is 0.225 e. The first-order valence-electron chi connectivity index (χ1n) is 13.8. The van der Waals surface area contributed by atoms with Crippen LogP contribution in [0, 0.1) is 5.92 Å². The summed E-state index contributed by atoms with van der Waals surface area (Å²) < 4.78 is 5.89. The molecule has 3 heterocycles. The second-order valence-electron chi connectivity index (χ2n) is 10.7. The van der Waals surface area contributed by atoms with E-state index in [1.807, 2.05) is 36.4 Å². The maximum Gasteiger partial charge on any atom is 0.225 e. The fourth-order valence-electron chi connectivity index (χ4n) is 5.57. The van der Waals surface area contributed by atoms with Gasteiger partial charge >= 0.3 is 0 Å². The zero-order chi connectivity index (χ0) is 26.5. The van der Waals surface area contributed by atoms with Gasteiger partial charge in [0.1, 0.15) is 18.5 Å². The topological polar surface area (TPSA) is 68.3 Å². The van der Waals surface area contributed by atoms with E-state index in [9.17, 15) is 9.90 Å². The van der Waals surface area contributed by atoms with Crippen molar-refractivity contribution in [3.8, 4) is 5.75 Å². The Hall–Kier alpha value is -2.03. The molecule has 0 bridgehead atoms. The molecule has 1 unspecified atom stereocenters. The normalized spacial score (nSPS) is 21.8. The van der Waals surface area contributed by atoms with Gasteiger partial charge in [-0.15, -0.1) is 0 Å². The monoisotopic (exact) mass is 560 g/mol. The summed E-state index contributed by atoms with van der Waals surface area (Å²) in [6.07, 6.45) is 3.44. The number of nitrogens with one attached hydrogen (secondary N) is 1. The van der Waals surface area contributed by atoms with Gasteiger partial charge in [-0.25, -0.2) is 0 Å². The molecule has 3 fully saturated rings. The first-order chi connectivity index (χ1) is 18.5. The number of amides is 1. The van der Waals surface area contributed by atoms with Crippen molar-refractivity contribution in [1.29, 1.82) is 0 Å². The Morgan fingerprint density at radius 3 is 2.42 bits per heavy atom. The van der Waals surface area contributed by atoms with Crippen molar-refractivity contribution in [1.82, 2.24) is 15.1 Å². The van der Waals surface area contributed by atoms with E-state index in [2.05, 4.69) is 20.0 Å². The molecule has 0 aromatic heterocycles. The molecule has 5 rings (SSSR count). The molecular weight excluding hydrogens is 523 g/mol. The van der Waals surface area contributed by atoms with E-state index in [4.69, 9.17) is 27.9 Å². The molecular formula is C29H38Cl2N4O3. The van der Waals surface area contributed by atoms with Crippen LogP contribution < -0.4 is 15.0 Å². The van der Waals surface area contributed by atoms with Gasteiger partial charge in [0.2, 0.25) is 5.91 Å². The number of hydrogen-bond donors (Lipinski definition) is 2. The van der Waals surface area contributed by atoms with Gasteiger partial charge in [-0.2, -0.15) is 0 Å². The van der Waals surface area contributed by atoms with E-state index >= 15 is 0 Å². The molecule has 38 heavy (non-hydrogen) atoms. The first kappa shape index (κ1) is 27.5. The number of ether oxygens (including phenoxy) is 1. The van der Waals surface area contributed by atoms with E-state index in [0.29, 0.717) is 41.1 Å². The van der Waals surface area contributed by atoms with Gasteiger partial charge < -0.3 is 25.0 Å². The molecule has 3 saturated heterocycles. The van der Waals surface area contributed by atoms with Crippen LogP contribution in [0.3, 0.4) is 0 Å². The minimum atomic E-state index is -0.874. The summed E-state index contributed by atoms with van der Waals surface area (Å²) in [5, 5.41) is 15.8. The second kappa shape index (κ2) is 12.9. The fourth-order valence-corrected chi connectivity index (χ4v) is 5.94. The summed E-state index contributed by atoms with van der Waals surface area (Å²) >= 11 is 12.6. The highest BCUT2D eigenvalue weighted by atomic mass is 35.5. The van der Waals surface area contributed by atoms with Crippen LogP contribution in [0.2, 0.25) is 10.0 Å². The average Bonchev–Trinajstić information content (AvgIpc) is 3.58. The summed E-state index contributed by atoms with van der Waals surface area (Å²) in [7, 11) is 0. The van der Waals surface area contributed by atoms with E-state index in [1.165, 1.54) is 6.42 Å². The van der Waals surface area contributed by atoms with E-state index in [-0.39, 0.29) is 11.8 Å². The number of halogens is 2. The predicted molar refractivity (Wildman–Crippen MR) is 152 cm³/mol. The van der Waals surface area contributed by atoms with Crippen LogP contribution in [0.5, 0.6) is 5.75 Å². The zero-order valence-electron chi connectivity index (χ0n) is 21.8. The van der Waals surface area contributed by atoms with Gasteiger partial charge in [-0.05, 0) is 93.8 Å². The number of carbonyl (C=O) groups excluding carboxylic acids is 1. The van der Waals surface area contributed by atoms with Crippen LogP contribution in [0.25, 0.3) is 0 Å². The second-order valence-corrected chi connectivity index (χ2v) is 11.6. The van der Waals surface area contributed by atoms with E-state index in [0.717, 1.165) is 64.2 Å². The Labute approximate surface area is 235 Å². The van der Waals surface area contributed by atoms with Crippen LogP contribution in [0.15, 0.2) is 42.5 Å². The van der Waals surface area contributed by atoms with Crippen LogP contribution in [-0.2, 0) is 4.79 Å². The standard InChI is InChI=1S/C29H38Cl2N4O3/c30-23-5-7-24(8-6-23)35-15-10-22(19-35)29(37)32-26(20-34-11-1-2-12-34)28(36)21-4-9-27(25(31)18-21)38-17-16-33-13-3-14-33/h4-9,18,22,26,28,36H,1-3,10-17,19-20H2,(H,32,37)/t22?,26-,28-/m1/s1. The van der Waals surface area contributed by atoms with Gasteiger partial charge in [0.05, 0.1) is 17.0 Å². The number of rotatable bonds is 11. The highest BCUT2D eigenvalue weighted by Crippen LogP contribution is 2.31. The lowest BCUT2D eigenvalue weighted by molar-refractivity contribution is -0.126. The third-order valence-electron chi connectivity index (χ3n) is 8.02. The Balaban J connectivity index is 1.22. The van der Waals surface area contributed by atoms with Gasteiger partial charge in [-0.3, -0.25) is 9.69 Å². The van der Waals surface area contributed by atoms with Crippen molar-refractivity contribution in [3.05, 3.63) is 58.1 Å². The lowest BCUT2D eigenvalue weighted by Crippen LogP contribution is -2.48. The van der Waals surface area contributed by atoms with Crippen molar-refractivity contribution < 1.29 is 14.6 Å². The lowest BCUT2D eigenvalue weighted by Gasteiger charge is -2.30. The first-order valence-corrected chi connectivity index (χ1v) is 14.6. The molecule has 0 saturated carbocycles. The number of nitrogens with zero attached hydrogens (tertiary/aromatic N) is 3. The van der Waals surface area contributed by atoms with Crippen LogP contribution >= 0.6 is 23.2 Å². The average molecular weight is 562 g/mol. The van der Waals surface area contributed by atoms with Crippen LogP contribution in [-0.4, -0.2) is 85.8 Å². The van der Waals surface area contributed by atoms with Crippen molar-refractivity contribution in [2.24, 2.45) is 5.92 Å². The van der Waals surface area contributed by atoms with Crippen molar-refractivity contribution in [2.45, 2.75) is 37.8 Å². The molecule has 0 aliphatic carbocycles. The number of anilines is 1. The summed E-state index contributed by atoms with van der Waals surface area (Å²) in [5.74, 6) is 0.475. The Kier molecular flexibility index (Phi) is 9.33. The molecule has 2 aromatic rings. The predicted octanol–water partition coefficient (Wildman–Crippen LogP) is 4.22. The van der Waals surface area contributed by atoms with Gasteiger partial charge in [0.15, 0.2) is 0 Å². The molecule has 1 amide bonds. The summed E-state index contributed by atoms with van der Waals surface area (Å²) in [6, 6.07) is 12.8. The molecule has 9 heteroatoms. The SMILES string of the molecule is O=C(N[C@H](CN1CCCC1)[C@H](O)c1ccc(OCCN2CCC2)c(Cl)c1)C1CCN(c2ccc(Cl)cc2)C1. The summed E-state index contributed by atoms with van der Waals surface area (Å²) in [5.41, 5.74) is 1.75. The molecule has 3 aliphatic heterocycles. The number of aliphatic hydroxyl groups excluding tert-OH is 1. The van der Waals surface area contributed by atoms with Gasteiger partial charge in [-0.1, -0.05) is 29.3 Å². The number of benzene rings is 2. The fraction of sp³-hybridized carbons (Fsp3) is 0.552. The molecule has 2 aromatic carbocycles. The highest BCUT2D eigenvalue weighted by Gasteiger charge is 2.33. The maximum atomic E-state index is 13.4. The molecule has 0 spiro atoms. The summed E-state index contributed by atoms with van der Waals surface area (Å²) in [6.45, 7) is 7.77. The molecule has 3 aliphatic rings. The zero-order valence-corrected chi connectivity index (χ0v) is 23.3.